The molecule has 20 heavy (non-hydrogen) atoms. The van der Waals surface area contributed by atoms with Crippen molar-refractivity contribution in [2.75, 3.05) is 14.1 Å². The molecule has 4 nitrogen and oxygen atoms in total. The minimum atomic E-state index is -3.33. The van der Waals surface area contributed by atoms with Crippen molar-refractivity contribution >= 4 is 21.4 Å². The van der Waals surface area contributed by atoms with Crippen LogP contribution in [-0.2, 0) is 16.6 Å². The molecular formula is C14H24N2O2S2. The van der Waals surface area contributed by atoms with Crippen molar-refractivity contribution in [1.82, 2.24) is 9.62 Å². The molecule has 1 aliphatic rings. The third-order valence-corrected chi connectivity index (χ3v) is 7.36. The number of hydrogen-bond donors (Lipinski definition) is 1. The summed E-state index contributed by atoms with van der Waals surface area (Å²) in [7, 11) is 0.275. The average molecular weight is 316 g/mol. The maximum atomic E-state index is 12.7. The number of sulfonamides is 1. The van der Waals surface area contributed by atoms with Crippen molar-refractivity contribution < 1.29 is 8.42 Å². The summed E-state index contributed by atoms with van der Waals surface area (Å²) < 4.78 is 27.4. The first-order valence-electron chi connectivity index (χ1n) is 7.25. The molecule has 0 aliphatic heterocycles. The highest BCUT2D eigenvalue weighted by atomic mass is 32.2. The summed E-state index contributed by atoms with van der Waals surface area (Å²) in [5.41, 5.74) is 1.03. The minimum absolute atomic E-state index is 0.164. The van der Waals surface area contributed by atoms with Crippen LogP contribution in [0.4, 0.5) is 0 Å². The Morgan fingerprint density at radius 2 is 1.95 bits per heavy atom. The molecule has 0 amide bonds. The van der Waals surface area contributed by atoms with Gasteiger partial charge in [0.2, 0.25) is 0 Å². The second-order valence-corrected chi connectivity index (χ2v) is 8.61. The third-order valence-electron chi connectivity index (χ3n) is 3.98. The molecule has 0 atom stereocenters. The number of nitrogens with zero attached hydrogens (tertiary/aromatic N) is 1. The van der Waals surface area contributed by atoms with Crippen LogP contribution in [0.15, 0.2) is 15.7 Å². The minimum Gasteiger partial charge on any atom is -0.316 e. The van der Waals surface area contributed by atoms with Crippen molar-refractivity contribution in [3.63, 3.8) is 0 Å². The molecule has 1 saturated carbocycles. The highest BCUT2D eigenvalue weighted by Gasteiger charge is 2.29. The van der Waals surface area contributed by atoms with Gasteiger partial charge < -0.3 is 5.32 Å². The highest BCUT2D eigenvalue weighted by Crippen LogP contribution is 2.28. The van der Waals surface area contributed by atoms with E-state index in [9.17, 15) is 8.42 Å². The topological polar surface area (TPSA) is 49.4 Å². The standard InChI is InChI=1S/C14H24N2O2S2/c1-15-10-12-9-14(19-11-12)20(17,18)16(2)13-7-5-3-4-6-8-13/h9,11,13,15H,3-8,10H2,1-2H3. The van der Waals surface area contributed by atoms with Crippen LogP contribution in [0.2, 0.25) is 0 Å². The Labute approximate surface area is 126 Å². The van der Waals surface area contributed by atoms with E-state index in [1.807, 2.05) is 12.4 Å². The van der Waals surface area contributed by atoms with Crippen LogP contribution >= 0.6 is 11.3 Å². The van der Waals surface area contributed by atoms with Gasteiger partial charge in [0.15, 0.2) is 0 Å². The van der Waals surface area contributed by atoms with Crippen LogP contribution in [0.5, 0.6) is 0 Å². The van der Waals surface area contributed by atoms with E-state index in [4.69, 9.17) is 0 Å². The summed E-state index contributed by atoms with van der Waals surface area (Å²) in [6.07, 6.45) is 6.72. The van der Waals surface area contributed by atoms with Gasteiger partial charge in [-0.1, -0.05) is 25.7 Å². The van der Waals surface area contributed by atoms with Gasteiger partial charge in [-0.2, -0.15) is 4.31 Å². The molecule has 1 aliphatic carbocycles. The maximum absolute atomic E-state index is 12.7. The molecule has 2 rings (SSSR count). The Kier molecular flexibility index (Phi) is 5.60. The molecule has 1 heterocycles. The smallest absolute Gasteiger partial charge is 0.252 e. The second kappa shape index (κ2) is 7.02. The Balaban J connectivity index is 2.14. The van der Waals surface area contributed by atoms with E-state index in [1.54, 1.807) is 17.4 Å². The van der Waals surface area contributed by atoms with Crippen LogP contribution < -0.4 is 5.32 Å². The highest BCUT2D eigenvalue weighted by molar-refractivity contribution is 7.91. The van der Waals surface area contributed by atoms with Gasteiger partial charge in [-0.25, -0.2) is 8.42 Å². The van der Waals surface area contributed by atoms with Gasteiger partial charge in [0, 0.05) is 19.6 Å². The summed E-state index contributed by atoms with van der Waals surface area (Å²) in [6.45, 7) is 0.708. The molecule has 0 radical (unpaired) electrons. The summed E-state index contributed by atoms with van der Waals surface area (Å²) in [5.74, 6) is 0. The fraction of sp³-hybridized carbons (Fsp3) is 0.714. The normalized spacial score (nSPS) is 18.4. The number of hydrogen-bond acceptors (Lipinski definition) is 4. The van der Waals surface area contributed by atoms with E-state index in [2.05, 4.69) is 5.32 Å². The molecule has 0 bridgehead atoms. The molecule has 1 aromatic rings. The van der Waals surface area contributed by atoms with E-state index in [0.717, 1.165) is 31.2 Å². The zero-order valence-corrected chi connectivity index (χ0v) is 13.9. The summed E-state index contributed by atoms with van der Waals surface area (Å²) >= 11 is 1.32. The first-order chi connectivity index (χ1) is 9.55. The van der Waals surface area contributed by atoms with E-state index in [-0.39, 0.29) is 6.04 Å². The first-order valence-corrected chi connectivity index (χ1v) is 9.57. The van der Waals surface area contributed by atoms with Crippen molar-refractivity contribution in [1.29, 1.82) is 0 Å². The number of nitrogens with one attached hydrogen (secondary N) is 1. The lowest BCUT2D eigenvalue weighted by molar-refractivity contribution is 0.336. The quantitative estimate of drug-likeness (QED) is 0.850. The van der Waals surface area contributed by atoms with Gasteiger partial charge in [-0.3, -0.25) is 0 Å². The molecule has 114 valence electrons. The molecule has 0 spiro atoms. The Morgan fingerprint density at radius 1 is 1.30 bits per heavy atom. The summed E-state index contributed by atoms with van der Waals surface area (Å²) in [6, 6.07) is 1.96. The molecule has 6 heteroatoms. The van der Waals surface area contributed by atoms with E-state index < -0.39 is 10.0 Å². The molecule has 0 aromatic carbocycles. The molecule has 0 saturated heterocycles. The lowest BCUT2D eigenvalue weighted by atomic mass is 10.1. The number of rotatable bonds is 5. The van der Waals surface area contributed by atoms with Gasteiger partial charge >= 0.3 is 0 Å². The van der Waals surface area contributed by atoms with Crippen LogP contribution in [0.1, 0.15) is 44.1 Å². The van der Waals surface area contributed by atoms with E-state index in [0.29, 0.717) is 10.8 Å². The van der Waals surface area contributed by atoms with Gasteiger partial charge in [0.25, 0.3) is 10.0 Å². The first kappa shape index (κ1) is 15.9. The lowest BCUT2D eigenvalue weighted by Crippen LogP contribution is -2.36. The van der Waals surface area contributed by atoms with Gasteiger partial charge in [-0.15, -0.1) is 11.3 Å². The van der Waals surface area contributed by atoms with Gasteiger partial charge in [0.05, 0.1) is 0 Å². The van der Waals surface area contributed by atoms with Crippen molar-refractivity contribution in [3.8, 4) is 0 Å². The molecule has 1 N–H and O–H groups in total. The van der Waals surface area contributed by atoms with E-state index >= 15 is 0 Å². The lowest BCUT2D eigenvalue weighted by Gasteiger charge is -2.25. The summed E-state index contributed by atoms with van der Waals surface area (Å²) in [5, 5.41) is 4.97. The zero-order chi connectivity index (χ0) is 14.6. The molecule has 1 aromatic heterocycles. The van der Waals surface area contributed by atoms with Crippen LogP contribution in [0.3, 0.4) is 0 Å². The molecule has 1 fully saturated rings. The monoisotopic (exact) mass is 316 g/mol. The summed E-state index contributed by atoms with van der Waals surface area (Å²) in [4.78, 5) is 0. The predicted molar refractivity (Wildman–Crippen MR) is 83.5 cm³/mol. The SMILES string of the molecule is CNCc1csc(S(=O)(=O)N(C)C2CCCCCC2)c1. The van der Waals surface area contributed by atoms with Crippen LogP contribution in [0, 0.1) is 0 Å². The Morgan fingerprint density at radius 3 is 2.55 bits per heavy atom. The van der Waals surface area contributed by atoms with Crippen molar-refractivity contribution in [3.05, 3.63) is 17.0 Å². The Bertz CT molecular complexity index is 517. The zero-order valence-electron chi connectivity index (χ0n) is 12.3. The van der Waals surface area contributed by atoms with E-state index in [1.165, 1.54) is 24.2 Å². The van der Waals surface area contributed by atoms with Crippen LogP contribution in [0.25, 0.3) is 0 Å². The van der Waals surface area contributed by atoms with Crippen LogP contribution in [-0.4, -0.2) is 32.9 Å². The van der Waals surface area contributed by atoms with Crippen molar-refractivity contribution in [2.45, 2.75) is 55.3 Å². The molecular weight excluding hydrogens is 292 g/mol. The predicted octanol–water partition coefficient (Wildman–Crippen LogP) is 2.81. The second-order valence-electron chi connectivity index (χ2n) is 5.47. The fourth-order valence-corrected chi connectivity index (χ4v) is 5.55. The average Bonchev–Trinajstić information content (AvgIpc) is 2.74. The van der Waals surface area contributed by atoms with Gasteiger partial charge in [-0.05, 0) is 36.9 Å². The largest absolute Gasteiger partial charge is 0.316 e. The van der Waals surface area contributed by atoms with Gasteiger partial charge in [0.1, 0.15) is 4.21 Å². The third kappa shape index (κ3) is 3.61. The molecule has 0 unspecified atom stereocenters. The maximum Gasteiger partial charge on any atom is 0.252 e. The fourth-order valence-electron chi connectivity index (χ4n) is 2.74. The van der Waals surface area contributed by atoms with Crippen molar-refractivity contribution in [2.24, 2.45) is 0 Å². The Hall–Kier alpha value is -0.430. The number of thiophene rings is 1.